The van der Waals surface area contributed by atoms with E-state index in [9.17, 15) is 8.42 Å². The minimum atomic E-state index is -3.08. The van der Waals surface area contributed by atoms with Gasteiger partial charge < -0.3 is 10.1 Å². The molecule has 5 heteroatoms. The summed E-state index contributed by atoms with van der Waals surface area (Å²) in [5.41, 5.74) is 0. The Morgan fingerprint density at radius 1 is 1.19 bits per heavy atom. The van der Waals surface area contributed by atoms with Crippen LogP contribution in [0, 0.1) is 5.92 Å². The molecule has 0 aromatic heterocycles. The molecule has 4 unspecified atom stereocenters. The van der Waals surface area contributed by atoms with E-state index in [0.717, 1.165) is 58.1 Å². The molecule has 0 aromatic carbocycles. The Morgan fingerprint density at radius 2 is 2.00 bits per heavy atom. The smallest absolute Gasteiger partial charge is 0.157 e. The molecule has 4 atom stereocenters. The lowest BCUT2D eigenvalue weighted by atomic mass is 9.83. The van der Waals surface area contributed by atoms with E-state index in [1.807, 2.05) is 0 Å². The van der Waals surface area contributed by atoms with Crippen molar-refractivity contribution in [3.63, 3.8) is 0 Å². The summed E-state index contributed by atoms with van der Waals surface area (Å²) in [6.07, 6.45) is 7.13. The molecule has 1 aliphatic carbocycles. The minimum absolute atomic E-state index is 0.0659. The van der Waals surface area contributed by atoms with Crippen LogP contribution in [0.1, 0.15) is 58.8 Å². The van der Waals surface area contributed by atoms with Gasteiger partial charge in [0.2, 0.25) is 0 Å². The normalized spacial score (nSPS) is 34.2. The van der Waals surface area contributed by atoms with Crippen LogP contribution >= 0.6 is 0 Å². The fourth-order valence-corrected chi connectivity index (χ4v) is 6.26. The molecular weight excluding hydrogens is 286 g/mol. The van der Waals surface area contributed by atoms with E-state index >= 15 is 0 Å². The number of nitrogens with one attached hydrogen (secondary N) is 1. The maximum absolute atomic E-state index is 12.9. The van der Waals surface area contributed by atoms with Crippen molar-refractivity contribution in [1.82, 2.24) is 5.32 Å². The second kappa shape index (κ2) is 7.93. The van der Waals surface area contributed by atoms with Crippen molar-refractivity contribution in [2.75, 3.05) is 18.9 Å². The molecule has 2 fully saturated rings. The predicted octanol–water partition coefficient (Wildman–Crippen LogP) is 2.53. The number of ether oxygens (including phenoxy) is 1. The molecule has 1 aliphatic heterocycles. The van der Waals surface area contributed by atoms with Crippen molar-refractivity contribution < 1.29 is 13.2 Å². The quantitative estimate of drug-likeness (QED) is 0.784. The highest BCUT2D eigenvalue weighted by atomic mass is 32.2. The van der Waals surface area contributed by atoms with Crippen molar-refractivity contribution in [2.24, 2.45) is 5.92 Å². The summed E-state index contributed by atoms with van der Waals surface area (Å²) >= 11 is 0. The number of rotatable bonds is 7. The second-order valence-electron chi connectivity index (χ2n) is 6.63. The van der Waals surface area contributed by atoms with Gasteiger partial charge in [-0.15, -0.1) is 0 Å². The molecular formula is C16H31NO3S. The third-order valence-corrected chi connectivity index (χ3v) is 7.25. The van der Waals surface area contributed by atoms with Gasteiger partial charge in [0.25, 0.3) is 0 Å². The van der Waals surface area contributed by atoms with Crippen LogP contribution in [-0.4, -0.2) is 44.7 Å². The topological polar surface area (TPSA) is 55.4 Å². The van der Waals surface area contributed by atoms with Crippen LogP contribution in [0.3, 0.4) is 0 Å². The van der Waals surface area contributed by atoms with Crippen molar-refractivity contribution in [2.45, 2.75) is 76.2 Å². The molecule has 1 saturated heterocycles. The van der Waals surface area contributed by atoms with Gasteiger partial charge in [-0.2, -0.15) is 0 Å². The van der Waals surface area contributed by atoms with E-state index in [-0.39, 0.29) is 23.1 Å². The van der Waals surface area contributed by atoms with Crippen LogP contribution in [0.2, 0.25) is 0 Å². The molecule has 0 radical (unpaired) electrons. The van der Waals surface area contributed by atoms with Crippen LogP contribution in [-0.2, 0) is 14.6 Å². The standard InChI is InChI=1S/C16H31NO3S/c1-3-6-13-8-9-15(17-4-2)16(11-13)21(18,19)12-14-7-5-10-20-14/h13-17H,3-12H2,1-2H3. The van der Waals surface area contributed by atoms with Crippen LogP contribution in [0.5, 0.6) is 0 Å². The van der Waals surface area contributed by atoms with Gasteiger partial charge in [-0.1, -0.05) is 26.7 Å². The number of hydrogen-bond donors (Lipinski definition) is 1. The van der Waals surface area contributed by atoms with Crippen molar-refractivity contribution in [3.05, 3.63) is 0 Å². The van der Waals surface area contributed by atoms with Crippen molar-refractivity contribution >= 4 is 9.84 Å². The third-order valence-electron chi connectivity index (χ3n) is 4.97. The van der Waals surface area contributed by atoms with Crippen molar-refractivity contribution in [3.8, 4) is 0 Å². The van der Waals surface area contributed by atoms with Gasteiger partial charge in [0.1, 0.15) is 0 Å². The fraction of sp³-hybridized carbons (Fsp3) is 1.00. The molecule has 2 aliphatic rings. The molecule has 21 heavy (non-hydrogen) atoms. The van der Waals surface area contributed by atoms with Gasteiger partial charge in [0.15, 0.2) is 9.84 Å². The summed E-state index contributed by atoms with van der Waals surface area (Å²) < 4.78 is 31.3. The number of hydrogen-bond acceptors (Lipinski definition) is 4. The first-order chi connectivity index (χ1) is 10.1. The van der Waals surface area contributed by atoms with E-state index in [0.29, 0.717) is 5.92 Å². The fourth-order valence-electron chi connectivity index (χ4n) is 3.93. The molecule has 0 amide bonds. The SMILES string of the molecule is CCCC1CCC(NCC)C(S(=O)(=O)CC2CCCO2)C1. The molecule has 1 saturated carbocycles. The maximum Gasteiger partial charge on any atom is 0.157 e. The molecule has 0 bridgehead atoms. The van der Waals surface area contributed by atoms with E-state index in [4.69, 9.17) is 4.74 Å². The second-order valence-corrected chi connectivity index (χ2v) is 8.90. The summed E-state index contributed by atoms with van der Waals surface area (Å²) in [7, 11) is -3.08. The van der Waals surface area contributed by atoms with Crippen LogP contribution in [0.4, 0.5) is 0 Å². The average Bonchev–Trinajstić information content (AvgIpc) is 2.93. The first-order valence-corrected chi connectivity index (χ1v) is 10.3. The van der Waals surface area contributed by atoms with E-state index < -0.39 is 9.84 Å². The van der Waals surface area contributed by atoms with Gasteiger partial charge in [-0.05, 0) is 44.6 Å². The zero-order valence-corrected chi connectivity index (χ0v) is 14.3. The molecule has 1 heterocycles. The van der Waals surface area contributed by atoms with Crippen LogP contribution < -0.4 is 5.32 Å². The van der Waals surface area contributed by atoms with E-state index in [2.05, 4.69) is 19.2 Å². The Labute approximate surface area is 129 Å². The molecule has 0 spiro atoms. The largest absolute Gasteiger partial charge is 0.377 e. The highest BCUT2D eigenvalue weighted by molar-refractivity contribution is 7.92. The Hall–Kier alpha value is -0.130. The lowest BCUT2D eigenvalue weighted by Crippen LogP contribution is -2.49. The Morgan fingerprint density at radius 3 is 2.62 bits per heavy atom. The van der Waals surface area contributed by atoms with Crippen LogP contribution in [0.25, 0.3) is 0 Å². The van der Waals surface area contributed by atoms with E-state index in [1.165, 1.54) is 0 Å². The first kappa shape index (κ1) is 17.2. The van der Waals surface area contributed by atoms with Crippen molar-refractivity contribution in [1.29, 1.82) is 0 Å². The zero-order chi connectivity index (χ0) is 15.3. The highest BCUT2D eigenvalue weighted by Crippen LogP contribution is 2.33. The third kappa shape index (κ3) is 4.67. The summed E-state index contributed by atoms with van der Waals surface area (Å²) in [5, 5.41) is 3.19. The molecule has 4 nitrogen and oxygen atoms in total. The first-order valence-electron chi connectivity index (χ1n) is 8.63. The summed E-state index contributed by atoms with van der Waals surface area (Å²) in [6.45, 7) is 5.81. The summed E-state index contributed by atoms with van der Waals surface area (Å²) in [5.74, 6) is 0.799. The lowest BCUT2D eigenvalue weighted by molar-refractivity contribution is 0.127. The average molecular weight is 317 g/mol. The molecule has 1 N–H and O–H groups in total. The summed E-state index contributed by atoms with van der Waals surface area (Å²) in [4.78, 5) is 0. The van der Waals surface area contributed by atoms with Gasteiger partial charge >= 0.3 is 0 Å². The molecule has 2 rings (SSSR count). The van der Waals surface area contributed by atoms with Gasteiger partial charge in [0.05, 0.1) is 17.1 Å². The van der Waals surface area contributed by atoms with Gasteiger partial charge in [0, 0.05) is 12.6 Å². The Balaban J connectivity index is 2.05. The highest BCUT2D eigenvalue weighted by Gasteiger charge is 2.39. The minimum Gasteiger partial charge on any atom is -0.377 e. The molecule has 124 valence electrons. The predicted molar refractivity (Wildman–Crippen MR) is 86.3 cm³/mol. The van der Waals surface area contributed by atoms with Gasteiger partial charge in [-0.25, -0.2) is 8.42 Å². The zero-order valence-electron chi connectivity index (χ0n) is 13.5. The lowest BCUT2D eigenvalue weighted by Gasteiger charge is -2.36. The monoisotopic (exact) mass is 317 g/mol. The number of sulfone groups is 1. The molecule has 0 aromatic rings. The Kier molecular flexibility index (Phi) is 6.51. The van der Waals surface area contributed by atoms with Crippen LogP contribution in [0.15, 0.2) is 0 Å². The Bertz CT molecular complexity index is 404. The summed E-state index contributed by atoms with van der Waals surface area (Å²) in [6, 6.07) is 0.134. The van der Waals surface area contributed by atoms with E-state index in [1.54, 1.807) is 0 Å². The van der Waals surface area contributed by atoms with Gasteiger partial charge in [-0.3, -0.25) is 0 Å². The maximum atomic E-state index is 12.9.